The highest BCUT2D eigenvalue weighted by molar-refractivity contribution is 7.91. The molecule has 0 aliphatic heterocycles. The number of nitrogens with zero attached hydrogens (tertiary/aromatic N) is 3. The summed E-state index contributed by atoms with van der Waals surface area (Å²) in [4.78, 5) is 15.9. The maximum atomic E-state index is 12.9. The van der Waals surface area contributed by atoms with Gasteiger partial charge in [-0.2, -0.15) is 0 Å². The summed E-state index contributed by atoms with van der Waals surface area (Å²) in [6, 6.07) is 4.10. The molecule has 0 spiro atoms. The molecule has 0 saturated heterocycles. The Hall–Kier alpha value is -2.46. The van der Waals surface area contributed by atoms with E-state index >= 15 is 0 Å². The number of aliphatic hydroxyl groups is 1. The minimum atomic E-state index is -4.01. The average Bonchev–Trinajstić information content (AvgIpc) is 2.55. The van der Waals surface area contributed by atoms with Crippen LogP contribution in [-0.2, 0) is 21.1 Å². The zero-order valence-corrected chi connectivity index (χ0v) is 14.4. The second-order valence-electron chi connectivity index (χ2n) is 5.55. The molecule has 0 saturated carbocycles. The Balaban J connectivity index is 2.13. The van der Waals surface area contributed by atoms with E-state index in [2.05, 4.69) is 20.5 Å². The minimum absolute atomic E-state index is 0.0124. The first-order chi connectivity index (χ1) is 11.6. The monoisotopic (exact) mass is 368 g/mol. The molecular weight excluding hydrogens is 351 g/mol. The van der Waals surface area contributed by atoms with Gasteiger partial charge in [0.15, 0.2) is 27.1 Å². The SMILES string of the molecule is CCc1ncc(NC(=O)[C@@](C)(O)CS(=O)(=O)c2ccc(F)cc2)nn1. The van der Waals surface area contributed by atoms with Crippen molar-refractivity contribution in [1.29, 1.82) is 0 Å². The standard InChI is InChI=1S/C15H17FN4O4S/c1-3-12-17-8-13(20-19-12)18-14(21)15(2,22)9-25(23,24)11-6-4-10(16)5-7-11/h4-8,22H,3,9H2,1-2H3,(H,18,20,21)/t15-/m0/s1. The van der Waals surface area contributed by atoms with Gasteiger partial charge in [0.25, 0.3) is 5.91 Å². The number of carbonyl (C=O) groups is 1. The molecule has 1 amide bonds. The number of halogens is 1. The van der Waals surface area contributed by atoms with Crippen molar-refractivity contribution in [2.75, 3.05) is 11.1 Å². The molecule has 0 bridgehead atoms. The Morgan fingerprint density at radius 3 is 2.44 bits per heavy atom. The van der Waals surface area contributed by atoms with Crippen LogP contribution in [0.15, 0.2) is 35.4 Å². The topological polar surface area (TPSA) is 122 Å². The molecule has 25 heavy (non-hydrogen) atoms. The smallest absolute Gasteiger partial charge is 0.258 e. The average molecular weight is 368 g/mol. The third kappa shape index (κ3) is 4.77. The van der Waals surface area contributed by atoms with Crippen LogP contribution in [0.3, 0.4) is 0 Å². The van der Waals surface area contributed by atoms with E-state index in [1.54, 1.807) is 0 Å². The molecule has 8 nitrogen and oxygen atoms in total. The molecule has 134 valence electrons. The van der Waals surface area contributed by atoms with E-state index in [0.29, 0.717) is 12.2 Å². The molecule has 2 aromatic rings. The molecule has 1 aromatic heterocycles. The molecular formula is C15H17FN4O4S. The number of anilines is 1. The van der Waals surface area contributed by atoms with Gasteiger partial charge in [-0.3, -0.25) is 4.79 Å². The third-order valence-electron chi connectivity index (χ3n) is 3.30. The summed E-state index contributed by atoms with van der Waals surface area (Å²) in [6.07, 6.45) is 1.82. The van der Waals surface area contributed by atoms with Crippen LogP contribution in [0.2, 0.25) is 0 Å². The summed E-state index contributed by atoms with van der Waals surface area (Å²) in [5, 5.41) is 20.0. The van der Waals surface area contributed by atoms with E-state index in [1.807, 2.05) is 6.92 Å². The quantitative estimate of drug-likeness (QED) is 0.721. The van der Waals surface area contributed by atoms with Gasteiger partial charge in [0, 0.05) is 6.42 Å². The van der Waals surface area contributed by atoms with Crippen molar-refractivity contribution >= 4 is 21.6 Å². The van der Waals surface area contributed by atoms with E-state index in [-0.39, 0.29) is 10.7 Å². The second-order valence-corrected chi connectivity index (χ2v) is 7.54. The Morgan fingerprint density at radius 2 is 1.92 bits per heavy atom. The van der Waals surface area contributed by atoms with Crippen LogP contribution < -0.4 is 5.32 Å². The lowest BCUT2D eigenvalue weighted by molar-refractivity contribution is -0.130. The lowest BCUT2D eigenvalue weighted by Crippen LogP contribution is -2.46. The molecule has 1 heterocycles. The van der Waals surface area contributed by atoms with Crippen LogP contribution in [0.5, 0.6) is 0 Å². The summed E-state index contributed by atoms with van der Waals surface area (Å²) < 4.78 is 37.5. The van der Waals surface area contributed by atoms with Crippen LogP contribution in [0.25, 0.3) is 0 Å². The molecule has 0 unspecified atom stereocenters. The molecule has 1 aromatic carbocycles. The maximum Gasteiger partial charge on any atom is 0.258 e. The number of hydrogen-bond acceptors (Lipinski definition) is 7. The predicted octanol–water partition coefficient (Wildman–Crippen LogP) is 0.737. The predicted molar refractivity (Wildman–Crippen MR) is 86.9 cm³/mol. The fraction of sp³-hybridized carbons (Fsp3) is 0.333. The highest BCUT2D eigenvalue weighted by atomic mass is 32.2. The number of nitrogens with one attached hydrogen (secondary N) is 1. The van der Waals surface area contributed by atoms with E-state index in [9.17, 15) is 22.7 Å². The lowest BCUT2D eigenvalue weighted by Gasteiger charge is -2.21. The largest absolute Gasteiger partial charge is 0.379 e. The first-order valence-corrected chi connectivity index (χ1v) is 9.00. The summed E-state index contributed by atoms with van der Waals surface area (Å²) in [5.74, 6) is -1.99. The molecule has 1 atom stereocenters. The van der Waals surface area contributed by atoms with Crippen molar-refractivity contribution in [2.45, 2.75) is 30.8 Å². The number of aromatic nitrogens is 3. The van der Waals surface area contributed by atoms with Crippen molar-refractivity contribution in [3.63, 3.8) is 0 Å². The highest BCUT2D eigenvalue weighted by Gasteiger charge is 2.37. The Labute approximate surface area is 144 Å². The number of benzene rings is 1. The van der Waals surface area contributed by atoms with Crippen molar-refractivity contribution in [3.05, 3.63) is 42.1 Å². The van der Waals surface area contributed by atoms with Crippen LogP contribution in [0, 0.1) is 5.82 Å². The van der Waals surface area contributed by atoms with Crippen LogP contribution in [0.4, 0.5) is 10.2 Å². The van der Waals surface area contributed by atoms with Gasteiger partial charge >= 0.3 is 0 Å². The lowest BCUT2D eigenvalue weighted by atomic mass is 10.1. The molecule has 0 aliphatic rings. The molecule has 10 heteroatoms. The van der Waals surface area contributed by atoms with Crippen LogP contribution in [-0.4, -0.2) is 46.0 Å². The van der Waals surface area contributed by atoms with Gasteiger partial charge in [-0.05, 0) is 31.2 Å². The zero-order chi connectivity index (χ0) is 18.7. The van der Waals surface area contributed by atoms with Crippen molar-refractivity contribution in [1.82, 2.24) is 15.2 Å². The maximum absolute atomic E-state index is 12.9. The summed E-state index contributed by atoms with van der Waals surface area (Å²) in [6.45, 7) is 2.89. The van der Waals surface area contributed by atoms with Crippen LogP contribution >= 0.6 is 0 Å². The number of amides is 1. The van der Waals surface area contributed by atoms with E-state index in [1.165, 1.54) is 6.20 Å². The molecule has 2 N–H and O–H groups in total. The Morgan fingerprint density at radius 1 is 1.28 bits per heavy atom. The number of aryl methyl sites for hydroxylation is 1. The molecule has 0 fully saturated rings. The van der Waals surface area contributed by atoms with Crippen molar-refractivity contribution < 1.29 is 22.7 Å². The second kappa shape index (κ2) is 7.19. The molecule has 2 rings (SSSR count). The minimum Gasteiger partial charge on any atom is -0.379 e. The van der Waals surface area contributed by atoms with Crippen molar-refractivity contribution in [3.8, 4) is 0 Å². The number of carbonyl (C=O) groups excluding carboxylic acids is 1. The van der Waals surface area contributed by atoms with Crippen molar-refractivity contribution in [2.24, 2.45) is 0 Å². The number of hydrogen-bond donors (Lipinski definition) is 2. The fourth-order valence-corrected chi connectivity index (χ4v) is 3.52. The third-order valence-corrected chi connectivity index (χ3v) is 5.23. The van der Waals surface area contributed by atoms with E-state index < -0.39 is 32.9 Å². The summed E-state index contributed by atoms with van der Waals surface area (Å²) in [7, 11) is -4.01. The van der Waals surface area contributed by atoms with E-state index in [0.717, 1.165) is 31.2 Å². The van der Waals surface area contributed by atoms with Gasteiger partial charge < -0.3 is 10.4 Å². The Bertz CT molecular complexity index is 852. The van der Waals surface area contributed by atoms with Gasteiger partial charge in [0.2, 0.25) is 0 Å². The number of rotatable bonds is 6. The molecule has 0 radical (unpaired) electrons. The van der Waals surface area contributed by atoms with E-state index in [4.69, 9.17) is 0 Å². The highest BCUT2D eigenvalue weighted by Crippen LogP contribution is 2.18. The zero-order valence-electron chi connectivity index (χ0n) is 13.6. The van der Waals surface area contributed by atoms with Gasteiger partial charge in [0.05, 0.1) is 16.8 Å². The van der Waals surface area contributed by atoms with Gasteiger partial charge in [-0.25, -0.2) is 17.8 Å². The van der Waals surface area contributed by atoms with Crippen LogP contribution in [0.1, 0.15) is 19.7 Å². The fourth-order valence-electron chi connectivity index (χ4n) is 1.93. The first kappa shape index (κ1) is 18.9. The summed E-state index contributed by atoms with van der Waals surface area (Å²) >= 11 is 0. The first-order valence-electron chi connectivity index (χ1n) is 7.35. The normalized spacial score (nSPS) is 13.9. The van der Waals surface area contributed by atoms with Gasteiger partial charge in [-0.1, -0.05) is 6.92 Å². The number of sulfone groups is 1. The summed E-state index contributed by atoms with van der Waals surface area (Å²) in [5.41, 5.74) is -2.24. The molecule has 0 aliphatic carbocycles. The Kier molecular flexibility index (Phi) is 5.43. The van der Waals surface area contributed by atoms with Gasteiger partial charge in [0.1, 0.15) is 5.82 Å². The van der Waals surface area contributed by atoms with Gasteiger partial charge in [-0.15, -0.1) is 10.2 Å².